The first-order valence-corrected chi connectivity index (χ1v) is 7.82. The van der Waals surface area contributed by atoms with E-state index in [4.69, 9.17) is 5.73 Å². The minimum Gasteiger partial charge on any atom is -0.328 e. The molecule has 0 amide bonds. The molecule has 0 saturated heterocycles. The maximum Gasteiger partial charge on any atom is 0.123 e. The summed E-state index contributed by atoms with van der Waals surface area (Å²) in [5.74, 6) is -0.272. The summed E-state index contributed by atoms with van der Waals surface area (Å²) in [4.78, 5) is 2.39. The van der Waals surface area contributed by atoms with Crippen LogP contribution in [0.25, 0.3) is 0 Å². The van der Waals surface area contributed by atoms with Crippen LogP contribution in [0.4, 0.5) is 4.39 Å². The summed E-state index contributed by atoms with van der Waals surface area (Å²) in [6.07, 6.45) is 5.36. The molecule has 1 aromatic carbocycles. The van der Waals surface area contributed by atoms with Gasteiger partial charge < -0.3 is 5.73 Å². The largest absolute Gasteiger partial charge is 0.328 e. The summed E-state index contributed by atoms with van der Waals surface area (Å²) in [6, 6.07) is 7.42. The zero-order valence-electron chi connectivity index (χ0n) is 12.7. The fourth-order valence-electron chi connectivity index (χ4n) is 3.17. The predicted molar refractivity (Wildman–Crippen MR) is 82.0 cm³/mol. The Bertz CT molecular complexity index is 501. The van der Waals surface area contributed by atoms with E-state index < -0.39 is 0 Å². The number of rotatable bonds is 5. The molecule has 0 atom stereocenters. The van der Waals surface area contributed by atoms with Crippen LogP contribution in [0.1, 0.15) is 50.2 Å². The lowest BCUT2D eigenvalue weighted by molar-refractivity contribution is 0.142. The van der Waals surface area contributed by atoms with Gasteiger partial charge in [0.1, 0.15) is 5.82 Å². The molecule has 2 N–H and O–H groups in total. The molecule has 1 aliphatic rings. The standard InChI is InChI=1S/C17H24FN3/c1-2-9-21(17-7-5-16(20)6-8-17)12-14-10-15(18)4-3-13(14)11-19/h3-4,10,16-17H,2,5-9,12,20H2,1H3. The van der Waals surface area contributed by atoms with Crippen LogP contribution in [0.5, 0.6) is 0 Å². The van der Waals surface area contributed by atoms with Gasteiger partial charge in [-0.25, -0.2) is 4.39 Å². The third-order valence-corrected chi connectivity index (χ3v) is 4.33. The summed E-state index contributed by atoms with van der Waals surface area (Å²) in [7, 11) is 0. The monoisotopic (exact) mass is 289 g/mol. The Morgan fingerprint density at radius 1 is 1.33 bits per heavy atom. The first-order valence-electron chi connectivity index (χ1n) is 7.82. The summed E-state index contributed by atoms with van der Waals surface area (Å²) < 4.78 is 13.5. The van der Waals surface area contributed by atoms with Crippen LogP contribution in [0.2, 0.25) is 0 Å². The minimum absolute atomic E-state index is 0.272. The van der Waals surface area contributed by atoms with Gasteiger partial charge >= 0.3 is 0 Å². The molecule has 1 aliphatic carbocycles. The summed E-state index contributed by atoms with van der Waals surface area (Å²) >= 11 is 0. The normalized spacial score (nSPS) is 22.2. The number of hydrogen-bond donors (Lipinski definition) is 1. The van der Waals surface area contributed by atoms with Crippen molar-refractivity contribution in [2.75, 3.05) is 6.54 Å². The van der Waals surface area contributed by atoms with E-state index in [9.17, 15) is 9.65 Å². The van der Waals surface area contributed by atoms with Crippen molar-refractivity contribution in [1.82, 2.24) is 4.90 Å². The molecular weight excluding hydrogens is 265 g/mol. The van der Waals surface area contributed by atoms with E-state index >= 15 is 0 Å². The van der Waals surface area contributed by atoms with Gasteiger partial charge in [-0.2, -0.15) is 5.26 Å². The highest BCUT2D eigenvalue weighted by molar-refractivity contribution is 5.37. The van der Waals surface area contributed by atoms with Gasteiger partial charge in [0.2, 0.25) is 0 Å². The lowest BCUT2D eigenvalue weighted by Crippen LogP contribution is -2.41. The van der Waals surface area contributed by atoms with Crippen LogP contribution in [0.3, 0.4) is 0 Å². The molecule has 0 heterocycles. The van der Waals surface area contributed by atoms with Crippen molar-refractivity contribution in [3.63, 3.8) is 0 Å². The summed E-state index contributed by atoms with van der Waals surface area (Å²) in [5.41, 5.74) is 7.34. The predicted octanol–water partition coefficient (Wildman–Crippen LogP) is 3.18. The molecular formula is C17H24FN3. The van der Waals surface area contributed by atoms with Gasteiger partial charge in [-0.3, -0.25) is 4.90 Å². The van der Waals surface area contributed by atoms with Gasteiger partial charge in [0.25, 0.3) is 0 Å². The lowest BCUT2D eigenvalue weighted by Gasteiger charge is -2.36. The number of nitrogens with two attached hydrogens (primary N) is 1. The van der Waals surface area contributed by atoms with Gasteiger partial charge in [0.05, 0.1) is 11.6 Å². The van der Waals surface area contributed by atoms with Crippen LogP contribution < -0.4 is 5.73 Å². The molecule has 21 heavy (non-hydrogen) atoms. The highest BCUT2D eigenvalue weighted by Gasteiger charge is 2.24. The topological polar surface area (TPSA) is 53.0 Å². The SMILES string of the molecule is CCCN(Cc1cc(F)ccc1C#N)C1CCC(N)CC1. The Hall–Kier alpha value is -1.44. The number of halogens is 1. The molecule has 3 nitrogen and oxygen atoms in total. The van der Waals surface area contributed by atoms with Gasteiger partial charge in [0, 0.05) is 18.6 Å². The maximum absolute atomic E-state index is 13.5. The van der Waals surface area contributed by atoms with E-state index in [0.717, 1.165) is 44.2 Å². The van der Waals surface area contributed by atoms with Crippen LogP contribution in [-0.4, -0.2) is 23.5 Å². The van der Waals surface area contributed by atoms with Crippen molar-refractivity contribution in [1.29, 1.82) is 5.26 Å². The number of hydrogen-bond acceptors (Lipinski definition) is 3. The Kier molecular flexibility index (Phi) is 5.72. The lowest BCUT2D eigenvalue weighted by atomic mass is 9.90. The second-order valence-electron chi connectivity index (χ2n) is 5.95. The molecule has 0 radical (unpaired) electrons. The van der Waals surface area contributed by atoms with Crippen molar-refractivity contribution in [2.45, 2.75) is 57.7 Å². The molecule has 0 unspecified atom stereocenters. The van der Waals surface area contributed by atoms with Crippen LogP contribution in [-0.2, 0) is 6.54 Å². The van der Waals surface area contributed by atoms with E-state index in [1.807, 2.05) is 0 Å². The van der Waals surface area contributed by atoms with Gasteiger partial charge in [-0.15, -0.1) is 0 Å². The van der Waals surface area contributed by atoms with Gasteiger partial charge in [-0.1, -0.05) is 6.92 Å². The Labute approximate surface area is 126 Å². The van der Waals surface area contributed by atoms with Crippen molar-refractivity contribution < 1.29 is 4.39 Å². The van der Waals surface area contributed by atoms with Gasteiger partial charge in [-0.05, 0) is 62.4 Å². The molecule has 1 aromatic rings. The average molecular weight is 289 g/mol. The van der Waals surface area contributed by atoms with E-state index in [1.165, 1.54) is 12.1 Å². The van der Waals surface area contributed by atoms with Crippen molar-refractivity contribution >= 4 is 0 Å². The zero-order valence-corrected chi connectivity index (χ0v) is 12.7. The minimum atomic E-state index is -0.272. The summed E-state index contributed by atoms with van der Waals surface area (Å²) in [6.45, 7) is 3.77. The second kappa shape index (κ2) is 7.53. The van der Waals surface area contributed by atoms with Crippen LogP contribution >= 0.6 is 0 Å². The third-order valence-electron chi connectivity index (χ3n) is 4.33. The quantitative estimate of drug-likeness (QED) is 0.905. The molecule has 0 aliphatic heterocycles. The van der Waals surface area contributed by atoms with Gasteiger partial charge in [0.15, 0.2) is 0 Å². The fourth-order valence-corrected chi connectivity index (χ4v) is 3.17. The number of benzene rings is 1. The molecule has 114 valence electrons. The number of nitriles is 1. The molecule has 0 aromatic heterocycles. The Balaban J connectivity index is 2.13. The van der Waals surface area contributed by atoms with Crippen molar-refractivity contribution in [2.24, 2.45) is 5.73 Å². The molecule has 2 rings (SSSR count). The number of nitrogens with zero attached hydrogens (tertiary/aromatic N) is 2. The maximum atomic E-state index is 13.5. The molecule has 1 saturated carbocycles. The van der Waals surface area contributed by atoms with E-state index in [-0.39, 0.29) is 5.82 Å². The second-order valence-corrected chi connectivity index (χ2v) is 5.95. The van der Waals surface area contributed by atoms with Crippen molar-refractivity contribution in [3.05, 3.63) is 35.1 Å². The molecule has 4 heteroatoms. The van der Waals surface area contributed by atoms with Crippen LogP contribution in [0, 0.1) is 17.1 Å². The fraction of sp³-hybridized carbons (Fsp3) is 0.588. The highest BCUT2D eigenvalue weighted by Crippen LogP contribution is 2.25. The van der Waals surface area contributed by atoms with E-state index in [2.05, 4.69) is 17.9 Å². The van der Waals surface area contributed by atoms with E-state index in [1.54, 1.807) is 6.07 Å². The molecule has 0 spiro atoms. The average Bonchev–Trinajstić information content (AvgIpc) is 2.48. The smallest absolute Gasteiger partial charge is 0.123 e. The van der Waals surface area contributed by atoms with Crippen LogP contribution in [0.15, 0.2) is 18.2 Å². The highest BCUT2D eigenvalue weighted by atomic mass is 19.1. The Morgan fingerprint density at radius 2 is 2.05 bits per heavy atom. The molecule has 0 bridgehead atoms. The first-order chi connectivity index (χ1) is 10.1. The molecule has 1 fully saturated rings. The summed E-state index contributed by atoms with van der Waals surface area (Å²) in [5, 5.41) is 9.19. The van der Waals surface area contributed by atoms with E-state index in [0.29, 0.717) is 24.2 Å². The Morgan fingerprint density at radius 3 is 2.67 bits per heavy atom. The van der Waals surface area contributed by atoms with Crippen molar-refractivity contribution in [3.8, 4) is 6.07 Å². The zero-order chi connectivity index (χ0) is 15.2. The third kappa shape index (κ3) is 4.26. The first kappa shape index (κ1) is 15.9.